The number of rotatable bonds is 1. The van der Waals surface area contributed by atoms with Gasteiger partial charge in [-0.3, -0.25) is 0 Å². The van der Waals surface area contributed by atoms with E-state index >= 15 is 0 Å². The van der Waals surface area contributed by atoms with Gasteiger partial charge in [-0.15, -0.1) is 0 Å². The summed E-state index contributed by atoms with van der Waals surface area (Å²) in [6.07, 6.45) is 2.41. The fourth-order valence-electron chi connectivity index (χ4n) is 2.80. The van der Waals surface area contributed by atoms with Crippen molar-refractivity contribution in [3.63, 3.8) is 0 Å². The van der Waals surface area contributed by atoms with Crippen molar-refractivity contribution in [2.45, 2.75) is 18.9 Å². The van der Waals surface area contributed by atoms with Gasteiger partial charge >= 0.3 is 0 Å². The van der Waals surface area contributed by atoms with Gasteiger partial charge in [0.1, 0.15) is 5.75 Å². The van der Waals surface area contributed by atoms with Crippen LogP contribution in [-0.4, -0.2) is 26.2 Å². The first-order valence-corrected chi connectivity index (χ1v) is 6.01. The van der Waals surface area contributed by atoms with Crippen LogP contribution >= 0.6 is 0 Å². The number of hydrogen-bond acceptors (Lipinski definition) is 3. The van der Waals surface area contributed by atoms with Crippen molar-refractivity contribution in [3.05, 3.63) is 23.8 Å². The van der Waals surface area contributed by atoms with Crippen LogP contribution in [-0.2, 0) is 6.42 Å². The molecule has 3 rings (SSSR count). The molecule has 1 aromatic carbocycles. The minimum Gasteiger partial charge on any atom is -0.497 e. The minimum absolute atomic E-state index is 0.640. The molecule has 0 spiro atoms. The Hall–Kier alpha value is -1.22. The smallest absolute Gasteiger partial charge is 0.120 e. The lowest BCUT2D eigenvalue weighted by Crippen LogP contribution is -2.47. The van der Waals surface area contributed by atoms with Crippen LogP contribution in [0.1, 0.15) is 12.0 Å². The van der Waals surface area contributed by atoms with Gasteiger partial charge in [0.05, 0.1) is 7.11 Å². The molecule has 0 aliphatic carbocycles. The monoisotopic (exact) mass is 218 g/mol. The molecule has 2 heterocycles. The van der Waals surface area contributed by atoms with Crippen LogP contribution in [0.4, 0.5) is 5.69 Å². The zero-order chi connectivity index (χ0) is 11.0. The summed E-state index contributed by atoms with van der Waals surface area (Å²) in [5.74, 6) is 1.69. The zero-order valence-corrected chi connectivity index (χ0v) is 9.62. The lowest BCUT2D eigenvalue weighted by molar-refractivity contribution is 0.333. The third-order valence-corrected chi connectivity index (χ3v) is 3.75. The van der Waals surface area contributed by atoms with Gasteiger partial charge in [-0.25, -0.2) is 0 Å². The van der Waals surface area contributed by atoms with Crippen molar-refractivity contribution >= 4 is 5.69 Å². The Morgan fingerprint density at radius 2 is 2.31 bits per heavy atom. The van der Waals surface area contributed by atoms with Crippen molar-refractivity contribution in [3.8, 4) is 5.75 Å². The van der Waals surface area contributed by atoms with Crippen LogP contribution in [0.15, 0.2) is 18.2 Å². The van der Waals surface area contributed by atoms with Crippen molar-refractivity contribution in [1.29, 1.82) is 0 Å². The van der Waals surface area contributed by atoms with Gasteiger partial charge in [0, 0.05) is 24.3 Å². The molecule has 0 amide bonds. The SMILES string of the molecule is COc1ccc2c(c1)NC1CCNCC1C2. The highest BCUT2D eigenvalue weighted by molar-refractivity contribution is 5.58. The highest BCUT2D eigenvalue weighted by Crippen LogP contribution is 2.33. The molecule has 2 aliphatic heterocycles. The van der Waals surface area contributed by atoms with Crippen molar-refractivity contribution in [2.24, 2.45) is 5.92 Å². The van der Waals surface area contributed by atoms with E-state index < -0.39 is 0 Å². The second-order valence-electron chi connectivity index (χ2n) is 4.73. The summed E-state index contributed by atoms with van der Waals surface area (Å²) in [7, 11) is 1.72. The minimum atomic E-state index is 0.640. The maximum atomic E-state index is 5.26. The Kier molecular flexibility index (Phi) is 2.48. The molecule has 0 saturated carbocycles. The molecule has 2 unspecified atom stereocenters. The Morgan fingerprint density at radius 1 is 1.38 bits per heavy atom. The fourth-order valence-corrected chi connectivity index (χ4v) is 2.80. The predicted molar refractivity (Wildman–Crippen MR) is 65.1 cm³/mol. The summed E-state index contributed by atoms with van der Waals surface area (Å²) in [4.78, 5) is 0. The molecule has 86 valence electrons. The highest BCUT2D eigenvalue weighted by atomic mass is 16.5. The van der Waals surface area contributed by atoms with Crippen LogP contribution in [0, 0.1) is 5.92 Å². The third kappa shape index (κ3) is 1.65. The van der Waals surface area contributed by atoms with E-state index in [0.29, 0.717) is 6.04 Å². The number of methoxy groups -OCH3 is 1. The molecule has 0 radical (unpaired) electrons. The summed E-state index contributed by atoms with van der Waals surface area (Å²) in [6, 6.07) is 7.00. The van der Waals surface area contributed by atoms with Gasteiger partial charge < -0.3 is 15.4 Å². The first-order chi connectivity index (χ1) is 7.86. The van der Waals surface area contributed by atoms with E-state index in [9.17, 15) is 0 Å². The second-order valence-corrected chi connectivity index (χ2v) is 4.73. The highest BCUT2D eigenvalue weighted by Gasteiger charge is 2.29. The Balaban J connectivity index is 1.89. The number of fused-ring (bicyclic) bond motifs is 2. The van der Waals surface area contributed by atoms with Crippen LogP contribution in [0.5, 0.6) is 5.75 Å². The van der Waals surface area contributed by atoms with E-state index in [0.717, 1.165) is 24.8 Å². The molecular weight excluding hydrogens is 200 g/mol. The third-order valence-electron chi connectivity index (χ3n) is 3.75. The molecule has 3 heteroatoms. The quantitative estimate of drug-likeness (QED) is 0.752. The lowest BCUT2D eigenvalue weighted by atomic mass is 9.83. The average Bonchev–Trinajstić information content (AvgIpc) is 2.35. The van der Waals surface area contributed by atoms with E-state index in [4.69, 9.17) is 4.74 Å². The van der Waals surface area contributed by atoms with Crippen molar-refractivity contribution < 1.29 is 4.74 Å². The van der Waals surface area contributed by atoms with E-state index in [2.05, 4.69) is 28.8 Å². The molecular formula is C13H18N2O. The predicted octanol–water partition coefficient (Wildman–Crippen LogP) is 1.64. The maximum Gasteiger partial charge on any atom is 0.120 e. The largest absolute Gasteiger partial charge is 0.497 e. The molecule has 0 bridgehead atoms. The topological polar surface area (TPSA) is 33.3 Å². The number of piperidine rings is 1. The fraction of sp³-hybridized carbons (Fsp3) is 0.538. The first-order valence-electron chi connectivity index (χ1n) is 6.01. The number of benzene rings is 1. The normalized spacial score (nSPS) is 27.6. The van der Waals surface area contributed by atoms with Gasteiger partial charge in [-0.1, -0.05) is 6.07 Å². The van der Waals surface area contributed by atoms with Gasteiger partial charge in [0.15, 0.2) is 0 Å². The molecule has 1 fully saturated rings. The first kappa shape index (κ1) is 9.97. The molecule has 1 saturated heterocycles. The van der Waals surface area contributed by atoms with Crippen molar-refractivity contribution in [1.82, 2.24) is 5.32 Å². The number of nitrogens with one attached hydrogen (secondary N) is 2. The van der Waals surface area contributed by atoms with Gasteiger partial charge in [-0.2, -0.15) is 0 Å². The summed E-state index contributed by atoms with van der Waals surface area (Å²) in [6.45, 7) is 2.27. The zero-order valence-electron chi connectivity index (χ0n) is 9.62. The number of hydrogen-bond donors (Lipinski definition) is 2. The summed E-state index contributed by atoms with van der Waals surface area (Å²) in [5, 5.41) is 7.13. The van der Waals surface area contributed by atoms with E-state index in [1.54, 1.807) is 7.11 Å². The van der Waals surface area contributed by atoms with Gasteiger partial charge in [-0.05, 0) is 36.9 Å². The lowest BCUT2D eigenvalue weighted by Gasteiger charge is -2.38. The molecule has 0 aromatic heterocycles. The molecule has 2 N–H and O–H groups in total. The summed E-state index contributed by atoms with van der Waals surface area (Å²) < 4.78 is 5.26. The standard InChI is InChI=1S/C13H18N2O/c1-16-11-3-2-9-6-10-8-14-5-4-12(10)15-13(9)7-11/h2-3,7,10,12,14-15H,4-6,8H2,1H3. The second kappa shape index (κ2) is 3.98. The summed E-state index contributed by atoms with van der Waals surface area (Å²) in [5.41, 5.74) is 2.69. The van der Waals surface area contributed by atoms with E-state index in [1.165, 1.54) is 24.1 Å². The van der Waals surface area contributed by atoms with Gasteiger partial charge in [0.25, 0.3) is 0 Å². The number of anilines is 1. The summed E-state index contributed by atoms with van der Waals surface area (Å²) >= 11 is 0. The molecule has 3 nitrogen and oxygen atoms in total. The van der Waals surface area contributed by atoms with Gasteiger partial charge in [0.2, 0.25) is 0 Å². The van der Waals surface area contributed by atoms with Crippen molar-refractivity contribution in [2.75, 3.05) is 25.5 Å². The van der Waals surface area contributed by atoms with Crippen LogP contribution in [0.3, 0.4) is 0 Å². The maximum absolute atomic E-state index is 5.26. The molecule has 16 heavy (non-hydrogen) atoms. The van der Waals surface area contributed by atoms with E-state index in [-0.39, 0.29) is 0 Å². The molecule has 2 atom stereocenters. The average molecular weight is 218 g/mol. The number of ether oxygens (including phenoxy) is 1. The Labute approximate surface area is 96.2 Å². The molecule has 1 aromatic rings. The van der Waals surface area contributed by atoms with Crippen LogP contribution in [0.25, 0.3) is 0 Å². The Morgan fingerprint density at radius 3 is 3.19 bits per heavy atom. The van der Waals surface area contributed by atoms with Crippen LogP contribution < -0.4 is 15.4 Å². The van der Waals surface area contributed by atoms with E-state index in [1.807, 2.05) is 0 Å². The molecule has 2 aliphatic rings. The van der Waals surface area contributed by atoms with Crippen LogP contribution in [0.2, 0.25) is 0 Å². The Bertz CT molecular complexity index is 392.